The number of pyridine rings is 1. The number of hydrogen-bond donors (Lipinski definition) is 1. The Kier molecular flexibility index (Phi) is 4.37. The molecule has 0 amide bonds. The van der Waals surface area contributed by atoms with E-state index in [1.54, 1.807) is 37.4 Å². The van der Waals surface area contributed by atoms with Gasteiger partial charge in [-0.2, -0.15) is 4.98 Å². The highest BCUT2D eigenvalue weighted by molar-refractivity contribution is 7.91. The first-order valence-corrected chi connectivity index (χ1v) is 10.1. The van der Waals surface area contributed by atoms with Gasteiger partial charge in [-0.1, -0.05) is 37.3 Å². The van der Waals surface area contributed by atoms with Crippen LogP contribution in [0.5, 0.6) is 11.9 Å². The smallest absolute Gasteiger partial charge is 0.301 e. The molecule has 0 bridgehead atoms. The molecule has 0 aliphatic heterocycles. The van der Waals surface area contributed by atoms with Crippen molar-refractivity contribution in [2.75, 3.05) is 5.75 Å². The number of nitrogens with one attached hydrogen (secondary N) is 1. The van der Waals surface area contributed by atoms with Crippen LogP contribution in [0.3, 0.4) is 0 Å². The molecule has 136 valence electrons. The summed E-state index contributed by atoms with van der Waals surface area (Å²) in [7, 11) is -3.27. The second kappa shape index (κ2) is 6.85. The van der Waals surface area contributed by atoms with Gasteiger partial charge in [0.25, 0.3) is 0 Å². The number of hydrogen-bond acceptors (Lipinski definition) is 5. The summed E-state index contributed by atoms with van der Waals surface area (Å²) in [5, 5.41) is 0. The van der Waals surface area contributed by atoms with Crippen molar-refractivity contribution >= 4 is 20.9 Å². The van der Waals surface area contributed by atoms with Crippen LogP contribution in [-0.4, -0.2) is 29.1 Å². The highest BCUT2D eigenvalue weighted by atomic mass is 32.2. The zero-order valence-electron chi connectivity index (χ0n) is 14.6. The summed E-state index contributed by atoms with van der Waals surface area (Å²) in [4.78, 5) is 11.9. The second-order valence-corrected chi connectivity index (χ2v) is 8.26. The fourth-order valence-corrected chi connectivity index (χ4v) is 3.62. The summed E-state index contributed by atoms with van der Waals surface area (Å²) in [6, 6.07) is 18.7. The molecule has 4 aromatic rings. The Balaban J connectivity index is 1.58. The van der Waals surface area contributed by atoms with Crippen molar-refractivity contribution in [1.29, 1.82) is 0 Å². The van der Waals surface area contributed by atoms with E-state index in [4.69, 9.17) is 4.74 Å². The first-order chi connectivity index (χ1) is 13.0. The maximum atomic E-state index is 12.0. The Bertz CT molecular complexity index is 1180. The molecule has 6 nitrogen and oxygen atoms in total. The first kappa shape index (κ1) is 17.2. The minimum atomic E-state index is -3.27. The average molecular weight is 379 g/mol. The standard InChI is InChI=1S/C20H17N3O3S/c1-2-27(24,25)16-9-10-17-18(12-16)23-20(22-17)26-19-11-8-15(13-21-19)14-6-4-3-5-7-14/h3-13H,2H2,1H3,(H,22,23). The van der Waals surface area contributed by atoms with Crippen LogP contribution in [0.1, 0.15) is 6.92 Å². The average Bonchev–Trinajstić information content (AvgIpc) is 3.10. The molecular formula is C20H17N3O3S. The zero-order valence-corrected chi connectivity index (χ0v) is 15.4. The Hall–Kier alpha value is -3.19. The van der Waals surface area contributed by atoms with E-state index in [1.165, 1.54) is 0 Å². The lowest BCUT2D eigenvalue weighted by Gasteiger charge is -2.03. The van der Waals surface area contributed by atoms with E-state index in [9.17, 15) is 8.42 Å². The Morgan fingerprint density at radius 1 is 1.00 bits per heavy atom. The SMILES string of the molecule is CCS(=O)(=O)c1ccc2nc(Oc3ccc(-c4ccccc4)cn3)[nH]c2c1. The summed E-state index contributed by atoms with van der Waals surface area (Å²) in [5.74, 6) is 0.448. The zero-order chi connectivity index (χ0) is 18.9. The van der Waals surface area contributed by atoms with E-state index in [0.29, 0.717) is 16.9 Å². The van der Waals surface area contributed by atoms with Crippen LogP contribution in [-0.2, 0) is 9.84 Å². The van der Waals surface area contributed by atoms with E-state index in [-0.39, 0.29) is 16.7 Å². The largest absolute Gasteiger partial charge is 0.407 e. The van der Waals surface area contributed by atoms with E-state index in [1.807, 2.05) is 36.4 Å². The van der Waals surface area contributed by atoms with Crippen molar-refractivity contribution in [2.24, 2.45) is 0 Å². The molecule has 27 heavy (non-hydrogen) atoms. The van der Waals surface area contributed by atoms with E-state index < -0.39 is 9.84 Å². The number of aromatic nitrogens is 3. The number of fused-ring (bicyclic) bond motifs is 1. The van der Waals surface area contributed by atoms with Crippen molar-refractivity contribution in [2.45, 2.75) is 11.8 Å². The maximum Gasteiger partial charge on any atom is 0.301 e. The summed E-state index contributed by atoms with van der Waals surface area (Å²) >= 11 is 0. The number of imidazole rings is 1. The summed E-state index contributed by atoms with van der Waals surface area (Å²) in [6.45, 7) is 1.62. The summed E-state index contributed by atoms with van der Waals surface area (Å²) < 4.78 is 29.7. The molecule has 0 aliphatic carbocycles. The second-order valence-electron chi connectivity index (χ2n) is 5.98. The van der Waals surface area contributed by atoms with Gasteiger partial charge in [-0.25, -0.2) is 13.4 Å². The van der Waals surface area contributed by atoms with Crippen LogP contribution in [0.15, 0.2) is 71.8 Å². The molecule has 0 spiro atoms. The summed E-state index contributed by atoms with van der Waals surface area (Å²) in [6.07, 6.45) is 1.74. The van der Waals surface area contributed by atoms with Crippen LogP contribution < -0.4 is 4.74 Å². The van der Waals surface area contributed by atoms with Crippen LogP contribution in [0.25, 0.3) is 22.2 Å². The first-order valence-electron chi connectivity index (χ1n) is 8.47. The van der Waals surface area contributed by atoms with Crippen molar-refractivity contribution in [3.05, 3.63) is 66.9 Å². The number of nitrogens with zero attached hydrogens (tertiary/aromatic N) is 2. The fourth-order valence-electron chi connectivity index (χ4n) is 2.71. The molecule has 0 atom stereocenters. The lowest BCUT2D eigenvalue weighted by Crippen LogP contribution is -2.03. The van der Waals surface area contributed by atoms with E-state index in [0.717, 1.165) is 11.1 Å². The van der Waals surface area contributed by atoms with Gasteiger partial charge in [-0.3, -0.25) is 0 Å². The van der Waals surface area contributed by atoms with Crippen molar-refractivity contribution < 1.29 is 13.2 Å². The molecule has 0 saturated heterocycles. The van der Waals surface area contributed by atoms with Crippen molar-refractivity contribution in [3.63, 3.8) is 0 Å². The third kappa shape index (κ3) is 3.54. The van der Waals surface area contributed by atoms with Crippen molar-refractivity contribution in [1.82, 2.24) is 15.0 Å². The minimum Gasteiger partial charge on any atom is -0.407 e. The Labute approximate surface area is 156 Å². The highest BCUT2D eigenvalue weighted by Gasteiger charge is 2.14. The van der Waals surface area contributed by atoms with E-state index in [2.05, 4.69) is 15.0 Å². The van der Waals surface area contributed by atoms with Crippen LogP contribution in [0.4, 0.5) is 0 Å². The predicted octanol–water partition coefficient (Wildman–Crippen LogP) is 4.21. The number of ether oxygens (including phenoxy) is 1. The molecular weight excluding hydrogens is 362 g/mol. The maximum absolute atomic E-state index is 12.0. The number of aromatic amines is 1. The minimum absolute atomic E-state index is 0.0493. The molecule has 0 unspecified atom stereocenters. The third-order valence-electron chi connectivity index (χ3n) is 4.22. The molecule has 0 radical (unpaired) electrons. The number of H-pyrrole nitrogens is 1. The fraction of sp³-hybridized carbons (Fsp3) is 0.100. The molecule has 7 heteroatoms. The number of benzene rings is 2. The third-order valence-corrected chi connectivity index (χ3v) is 5.95. The number of sulfone groups is 1. The molecule has 1 N–H and O–H groups in total. The molecule has 2 heterocycles. The highest BCUT2D eigenvalue weighted by Crippen LogP contribution is 2.25. The van der Waals surface area contributed by atoms with Gasteiger partial charge in [0.1, 0.15) is 0 Å². The molecule has 4 rings (SSSR count). The van der Waals surface area contributed by atoms with Crippen LogP contribution in [0.2, 0.25) is 0 Å². The lowest BCUT2D eigenvalue weighted by atomic mass is 10.1. The number of rotatable bonds is 5. The quantitative estimate of drug-likeness (QED) is 0.561. The van der Waals surface area contributed by atoms with Crippen LogP contribution in [0, 0.1) is 0 Å². The molecule has 0 aliphatic rings. The molecule has 2 aromatic carbocycles. The molecule has 0 fully saturated rings. The van der Waals surface area contributed by atoms with Gasteiger partial charge in [0.15, 0.2) is 9.84 Å². The van der Waals surface area contributed by atoms with Crippen LogP contribution >= 0.6 is 0 Å². The van der Waals surface area contributed by atoms with Gasteiger partial charge in [0, 0.05) is 17.8 Å². The van der Waals surface area contributed by atoms with E-state index >= 15 is 0 Å². The lowest BCUT2D eigenvalue weighted by molar-refractivity contribution is 0.432. The van der Waals surface area contributed by atoms with Gasteiger partial charge >= 0.3 is 6.01 Å². The molecule has 2 aromatic heterocycles. The monoisotopic (exact) mass is 379 g/mol. The topological polar surface area (TPSA) is 84.9 Å². The van der Waals surface area contributed by atoms with Gasteiger partial charge < -0.3 is 9.72 Å². The Morgan fingerprint density at radius 3 is 2.52 bits per heavy atom. The van der Waals surface area contributed by atoms with Crippen molar-refractivity contribution in [3.8, 4) is 23.0 Å². The van der Waals surface area contributed by atoms with Gasteiger partial charge in [-0.15, -0.1) is 0 Å². The predicted molar refractivity (Wildman–Crippen MR) is 104 cm³/mol. The normalized spacial score (nSPS) is 11.6. The summed E-state index contributed by atoms with van der Waals surface area (Å²) in [5.41, 5.74) is 3.29. The van der Waals surface area contributed by atoms with Gasteiger partial charge in [-0.05, 0) is 29.8 Å². The molecule has 0 saturated carbocycles. The van der Waals surface area contributed by atoms with Gasteiger partial charge in [0.05, 0.1) is 21.7 Å². The Morgan fingerprint density at radius 2 is 1.81 bits per heavy atom. The van der Waals surface area contributed by atoms with Gasteiger partial charge in [0.2, 0.25) is 5.88 Å².